The number of hydrogen-bond acceptors (Lipinski definition) is 7. The first-order valence-electron chi connectivity index (χ1n) is 13.5. The molecule has 10 heteroatoms. The van der Waals surface area contributed by atoms with Gasteiger partial charge in [0.25, 0.3) is 0 Å². The monoisotopic (exact) mass is 555 g/mol. The summed E-state index contributed by atoms with van der Waals surface area (Å²) >= 11 is 0. The first-order valence-corrected chi connectivity index (χ1v) is 13.5. The second kappa shape index (κ2) is 17.5. The van der Waals surface area contributed by atoms with Gasteiger partial charge in [0.05, 0.1) is 0 Å². The van der Waals surface area contributed by atoms with Crippen molar-refractivity contribution in [1.29, 1.82) is 0 Å². The summed E-state index contributed by atoms with van der Waals surface area (Å²) < 4.78 is 15.8. The van der Waals surface area contributed by atoms with Crippen LogP contribution in [-0.4, -0.2) is 48.8 Å². The molecule has 1 atom stereocenters. The van der Waals surface area contributed by atoms with Gasteiger partial charge in [-0.05, 0) is 57.6 Å². The first kappa shape index (κ1) is 32.1. The van der Waals surface area contributed by atoms with Gasteiger partial charge in [0.2, 0.25) is 5.91 Å². The van der Waals surface area contributed by atoms with E-state index >= 15 is 0 Å². The molecule has 0 aliphatic rings. The molecule has 2 aromatic rings. The van der Waals surface area contributed by atoms with Gasteiger partial charge < -0.3 is 30.2 Å². The van der Waals surface area contributed by atoms with E-state index in [-0.39, 0.29) is 32.1 Å². The molecule has 0 aliphatic carbocycles. The fourth-order valence-electron chi connectivity index (χ4n) is 3.54. The molecule has 0 fully saturated rings. The molecule has 0 bridgehead atoms. The van der Waals surface area contributed by atoms with Gasteiger partial charge in [-0.25, -0.2) is 14.4 Å². The quantitative estimate of drug-likeness (QED) is 0.166. The highest BCUT2D eigenvalue weighted by molar-refractivity contribution is 5.84. The zero-order valence-electron chi connectivity index (χ0n) is 23.6. The molecule has 0 heterocycles. The van der Waals surface area contributed by atoms with E-state index < -0.39 is 29.8 Å². The Hall–Kier alpha value is -4.08. The van der Waals surface area contributed by atoms with Crippen LogP contribution in [0.2, 0.25) is 0 Å². The highest BCUT2D eigenvalue weighted by Crippen LogP contribution is 2.12. The molecule has 0 saturated heterocycles. The molecule has 40 heavy (non-hydrogen) atoms. The van der Waals surface area contributed by atoms with Gasteiger partial charge in [-0.3, -0.25) is 4.79 Å². The summed E-state index contributed by atoms with van der Waals surface area (Å²) in [6.07, 6.45) is 0.926. The molecule has 2 rings (SSSR count). The first-order chi connectivity index (χ1) is 19.1. The van der Waals surface area contributed by atoms with Crippen molar-refractivity contribution in [3.63, 3.8) is 0 Å². The van der Waals surface area contributed by atoms with Crippen LogP contribution in [0.3, 0.4) is 0 Å². The number of benzene rings is 2. The van der Waals surface area contributed by atoms with Gasteiger partial charge in [0.15, 0.2) is 0 Å². The molecule has 0 spiro atoms. The molecule has 1 unspecified atom stereocenters. The lowest BCUT2D eigenvalue weighted by molar-refractivity contribution is -0.158. The highest BCUT2D eigenvalue weighted by Gasteiger charge is 2.26. The number of unbranched alkanes of at least 4 members (excludes halogenated alkanes) is 1. The van der Waals surface area contributed by atoms with Crippen LogP contribution in [0.5, 0.6) is 0 Å². The van der Waals surface area contributed by atoms with Gasteiger partial charge in [-0.1, -0.05) is 60.7 Å². The third kappa shape index (κ3) is 14.8. The molecule has 0 aliphatic heterocycles. The minimum Gasteiger partial charge on any atom is -0.458 e. The average molecular weight is 556 g/mol. The number of carbonyl (C=O) groups excluding carboxylic acids is 4. The van der Waals surface area contributed by atoms with Crippen LogP contribution in [0.4, 0.5) is 9.59 Å². The summed E-state index contributed by atoms with van der Waals surface area (Å²) in [5, 5.41) is 8.04. The van der Waals surface area contributed by atoms with Gasteiger partial charge >= 0.3 is 18.2 Å². The maximum absolute atomic E-state index is 12.7. The molecule has 2 aromatic carbocycles. The SMILES string of the molecule is CC(C)(C)OC(=O)C(CCCCNC(=O)OCc1ccccc1)NC(=O)CCCNC(=O)OCc1ccccc1. The van der Waals surface area contributed by atoms with Crippen molar-refractivity contribution < 1.29 is 33.4 Å². The van der Waals surface area contributed by atoms with Crippen molar-refractivity contribution in [2.75, 3.05) is 13.1 Å². The zero-order chi connectivity index (χ0) is 29.2. The molecule has 3 N–H and O–H groups in total. The van der Waals surface area contributed by atoms with Gasteiger partial charge in [-0.15, -0.1) is 0 Å². The van der Waals surface area contributed by atoms with E-state index in [0.29, 0.717) is 32.2 Å². The van der Waals surface area contributed by atoms with Crippen LogP contribution in [0, 0.1) is 0 Å². The van der Waals surface area contributed by atoms with Crippen LogP contribution < -0.4 is 16.0 Å². The third-order valence-electron chi connectivity index (χ3n) is 5.49. The van der Waals surface area contributed by atoms with Crippen molar-refractivity contribution in [3.05, 3.63) is 71.8 Å². The fraction of sp³-hybridized carbons (Fsp3) is 0.467. The van der Waals surface area contributed by atoms with Crippen molar-refractivity contribution in [1.82, 2.24) is 16.0 Å². The van der Waals surface area contributed by atoms with Gasteiger partial charge in [0, 0.05) is 19.5 Å². The summed E-state index contributed by atoms with van der Waals surface area (Å²) in [6, 6.07) is 17.9. The van der Waals surface area contributed by atoms with Crippen LogP contribution in [0.25, 0.3) is 0 Å². The van der Waals surface area contributed by atoms with Crippen molar-refractivity contribution in [2.45, 2.75) is 77.7 Å². The van der Waals surface area contributed by atoms with E-state index in [4.69, 9.17) is 14.2 Å². The molecule has 218 valence electrons. The van der Waals surface area contributed by atoms with E-state index in [1.165, 1.54) is 0 Å². The Morgan fingerprint density at radius 1 is 0.725 bits per heavy atom. The molecule has 3 amide bonds. The summed E-state index contributed by atoms with van der Waals surface area (Å²) in [5.41, 5.74) is 1.07. The number of carbonyl (C=O) groups is 4. The highest BCUT2D eigenvalue weighted by atomic mass is 16.6. The Morgan fingerprint density at radius 3 is 1.73 bits per heavy atom. The zero-order valence-corrected chi connectivity index (χ0v) is 23.6. The number of esters is 1. The summed E-state index contributed by atoms with van der Waals surface area (Å²) in [6.45, 7) is 6.25. The third-order valence-corrected chi connectivity index (χ3v) is 5.49. The van der Waals surface area contributed by atoms with Crippen molar-refractivity contribution in [2.24, 2.45) is 0 Å². The predicted octanol–water partition coefficient (Wildman–Crippen LogP) is 4.62. The average Bonchev–Trinajstić information content (AvgIpc) is 2.92. The normalized spacial score (nSPS) is 11.6. The Kier molecular flexibility index (Phi) is 14.1. The lowest BCUT2D eigenvalue weighted by Gasteiger charge is -2.24. The number of nitrogens with one attached hydrogen (secondary N) is 3. The maximum Gasteiger partial charge on any atom is 0.407 e. The molecular weight excluding hydrogens is 514 g/mol. The Morgan fingerprint density at radius 2 is 1.23 bits per heavy atom. The van der Waals surface area contributed by atoms with Gasteiger partial charge in [-0.2, -0.15) is 0 Å². The Balaban J connectivity index is 1.67. The van der Waals surface area contributed by atoms with E-state index in [2.05, 4.69) is 16.0 Å². The second-order valence-electron chi connectivity index (χ2n) is 10.2. The molecule has 0 aromatic heterocycles. The molecule has 0 saturated carbocycles. The number of alkyl carbamates (subject to hydrolysis) is 2. The molecular formula is C30H41N3O7. The summed E-state index contributed by atoms with van der Waals surface area (Å²) in [5.74, 6) is -0.836. The lowest BCUT2D eigenvalue weighted by Crippen LogP contribution is -2.44. The van der Waals surface area contributed by atoms with Crippen LogP contribution in [0.15, 0.2) is 60.7 Å². The van der Waals surface area contributed by atoms with Crippen molar-refractivity contribution in [3.8, 4) is 0 Å². The van der Waals surface area contributed by atoms with Crippen LogP contribution >= 0.6 is 0 Å². The Bertz CT molecular complexity index is 1060. The number of rotatable bonds is 15. The van der Waals surface area contributed by atoms with E-state index in [9.17, 15) is 19.2 Å². The summed E-state index contributed by atoms with van der Waals surface area (Å²) in [4.78, 5) is 48.9. The fourth-order valence-corrected chi connectivity index (χ4v) is 3.54. The standard InChI is InChI=1S/C30H41N3O7/c1-30(2,3)40-27(35)25(17-10-11-19-31-28(36)38-21-23-13-6-4-7-14-23)33-26(34)18-12-20-32-29(37)39-22-24-15-8-5-9-16-24/h4-9,13-16,25H,10-12,17-22H2,1-3H3,(H,31,36)(H,32,37)(H,33,34). The minimum atomic E-state index is -0.819. The number of ether oxygens (including phenoxy) is 3. The van der Waals surface area contributed by atoms with Crippen LogP contribution in [-0.2, 0) is 37.0 Å². The lowest BCUT2D eigenvalue weighted by atomic mass is 10.1. The number of amides is 3. The minimum absolute atomic E-state index is 0.118. The second-order valence-corrected chi connectivity index (χ2v) is 10.2. The predicted molar refractivity (Wildman–Crippen MR) is 150 cm³/mol. The van der Waals surface area contributed by atoms with E-state index in [0.717, 1.165) is 11.1 Å². The molecule has 10 nitrogen and oxygen atoms in total. The summed E-state index contributed by atoms with van der Waals surface area (Å²) in [7, 11) is 0. The topological polar surface area (TPSA) is 132 Å². The van der Waals surface area contributed by atoms with Crippen LogP contribution in [0.1, 0.15) is 64.0 Å². The Labute approximate surface area is 236 Å². The van der Waals surface area contributed by atoms with E-state index in [1.54, 1.807) is 20.8 Å². The van der Waals surface area contributed by atoms with Gasteiger partial charge in [0.1, 0.15) is 24.9 Å². The smallest absolute Gasteiger partial charge is 0.407 e. The largest absolute Gasteiger partial charge is 0.458 e. The number of hydrogen-bond donors (Lipinski definition) is 3. The van der Waals surface area contributed by atoms with Crippen molar-refractivity contribution >= 4 is 24.1 Å². The van der Waals surface area contributed by atoms with E-state index in [1.807, 2.05) is 60.7 Å². The maximum atomic E-state index is 12.7. The molecule has 0 radical (unpaired) electrons.